The Labute approximate surface area is 137 Å². The monoisotopic (exact) mass is 331 g/mol. The molecular weight excluding hydrogens is 314 g/mol. The molecule has 0 spiro atoms. The summed E-state index contributed by atoms with van der Waals surface area (Å²) in [4.78, 5) is 24.5. The van der Waals surface area contributed by atoms with Crippen LogP contribution in [0.4, 0.5) is 5.69 Å². The highest BCUT2D eigenvalue weighted by atomic mass is 32.2. The van der Waals surface area contributed by atoms with Crippen molar-refractivity contribution < 1.29 is 18.5 Å². The van der Waals surface area contributed by atoms with Gasteiger partial charge >= 0.3 is 5.97 Å². The third-order valence-electron chi connectivity index (χ3n) is 3.08. The number of hydrogen-bond acceptors (Lipinski definition) is 4. The van der Waals surface area contributed by atoms with E-state index in [0.29, 0.717) is 28.3 Å². The van der Waals surface area contributed by atoms with E-state index >= 15 is 0 Å². The summed E-state index contributed by atoms with van der Waals surface area (Å²) in [6, 6.07) is 13.1. The summed E-state index contributed by atoms with van der Waals surface area (Å²) in [5.74, 6) is -0.738. The summed E-state index contributed by atoms with van der Waals surface area (Å²) in [6.45, 7) is 2.02. The lowest BCUT2D eigenvalue weighted by Crippen LogP contribution is -2.13. The van der Waals surface area contributed by atoms with E-state index in [1.807, 2.05) is 0 Å². The van der Waals surface area contributed by atoms with Crippen LogP contribution in [0.3, 0.4) is 0 Å². The SMILES string of the molecule is CCOC(=O)c1cccc(NC(=O)c2ccc(S(C)=O)cc2)c1. The fourth-order valence-corrected chi connectivity index (χ4v) is 2.46. The third kappa shape index (κ3) is 4.50. The number of ether oxygens (including phenoxy) is 1. The predicted octanol–water partition coefficient (Wildman–Crippen LogP) is 2.85. The second kappa shape index (κ2) is 7.69. The van der Waals surface area contributed by atoms with Gasteiger partial charge in [-0.15, -0.1) is 0 Å². The Kier molecular flexibility index (Phi) is 5.65. The van der Waals surface area contributed by atoms with Gasteiger partial charge in [-0.2, -0.15) is 0 Å². The molecule has 0 radical (unpaired) electrons. The lowest BCUT2D eigenvalue weighted by Gasteiger charge is -2.08. The number of rotatable bonds is 5. The number of hydrogen-bond donors (Lipinski definition) is 1. The Hall–Kier alpha value is -2.47. The van der Waals surface area contributed by atoms with Crippen LogP contribution in [0.15, 0.2) is 53.4 Å². The molecule has 0 aliphatic heterocycles. The van der Waals surface area contributed by atoms with Gasteiger partial charge in [0.1, 0.15) is 0 Å². The standard InChI is InChI=1S/C17H17NO4S/c1-3-22-17(20)13-5-4-6-14(11-13)18-16(19)12-7-9-15(10-8-12)23(2)21/h4-11H,3H2,1-2H3,(H,18,19). The highest BCUT2D eigenvalue weighted by Gasteiger charge is 2.10. The Morgan fingerprint density at radius 1 is 1.09 bits per heavy atom. The molecule has 0 saturated carbocycles. The second-order valence-corrected chi connectivity index (χ2v) is 6.11. The van der Waals surface area contributed by atoms with Gasteiger partial charge in [-0.25, -0.2) is 4.79 Å². The molecule has 0 aliphatic carbocycles. The molecule has 23 heavy (non-hydrogen) atoms. The molecule has 0 saturated heterocycles. The minimum Gasteiger partial charge on any atom is -0.462 e. The molecule has 1 amide bonds. The Balaban J connectivity index is 2.12. The van der Waals surface area contributed by atoms with Gasteiger partial charge in [0, 0.05) is 33.2 Å². The van der Waals surface area contributed by atoms with Crippen molar-refractivity contribution in [3.05, 3.63) is 59.7 Å². The average Bonchev–Trinajstić information content (AvgIpc) is 2.55. The molecule has 2 aromatic carbocycles. The Morgan fingerprint density at radius 3 is 2.39 bits per heavy atom. The molecule has 120 valence electrons. The van der Waals surface area contributed by atoms with E-state index in [1.54, 1.807) is 61.7 Å². The van der Waals surface area contributed by atoms with Crippen molar-refractivity contribution in [2.75, 3.05) is 18.2 Å². The van der Waals surface area contributed by atoms with Crippen LogP contribution in [0.5, 0.6) is 0 Å². The largest absolute Gasteiger partial charge is 0.462 e. The first-order valence-corrected chi connectivity index (χ1v) is 8.59. The minimum absolute atomic E-state index is 0.292. The molecule has 5 nitrogen and oxygen atoms in total. The Morgan fingerprint density at radius 2 is 1.78 bits per heavy atom. The van der Waals surface area contributed by atoms with E-state index in [0.717, 1.165) is 0 Å². The number of carbonyl (C=O) groups is 2. The molecule has 6 heteroatoms. The summed E-state index contributed by atoms with van der Waals surface area (Å²) >= 11 is 0. The fourth-order valence-electron chi connectivity index (χ4n) is 1.94. The van der Waals surface area contributed by atoms with Crippen molar-refractivity contribution in [3.8, 4) is 0 Å². The zero-order chi connectivity index (χ0) is 16.8. The quantitative estimate of drug-likeness (QED) is 0.855. The van der Waals surface area contributed by atoms with Crippen molar-refractivity contribution in [1.29, 1.82) is 0 Å². The molecule has 2 rings (SSSR count). The predicted molar refractivity (Wildman–Crippen MR) is 89.1 cm³/mol. The maximum Gasteiger partial charge on any atom is 0.338 e. The molecule has 0 heterocycles. The number of nitrogens with one attached hydrogen (secondary N) is 1. The van der Waals surface area contributed by atoms with E-state index in [4.69, 9.17) is 4.74 Å². The zero-order valence-corrected chi connectivity index (χ0v) is 13.7. The summed E-state index contributed by atoms with van der Waals surface area (Å²) in [5.41, 5.74) is 1.32. The number of anilines is 1. The van der Waals surface area contributed by atoms with Crippen molar-refractivity contribution >= 4 is 28.4 Å². The smallest absolute Gasteiger partial charge is 0.338 e. The van der Waals surface area contributed by atoms with Crippen LogP contribution >= 0.6 is 0 Å². The zero-order valence-electron chi connectivity index (χ0n) is 12.9. The van der Waals surface area contributed by atoms with Gasteiger partial charge in [0.15, 0.2) is 0 Å². The van der Waals surface area contributed by atoms with Gasteiger partial charge in [-0.1, -0.05) is 6.07 Å². The fraction of sp³-hybridized carbons (Fsp3) is 0.176. The Bertz CT molecular complexity index is 741. The molecule has 1 atom stereocenters. The van der Waals surface area contributed by atoms with E-state index in [1.165, 1.54) is 0 Å². The van der Waals surface area contributed by atoms with Crippen LogP contribution in [-0.2, 0) is 15.5 Å². The van der Waals surface area contributed by atoms with E-state index in [2.05, 4.69) is 5.32 Å². The number of esters is 1. The van der Waals surface area contributed by atoms with Gasteiger partial charge in [0.25, 0.3) is 5.91 Å². The van der Waals surface area contributed by atoms with Crippen LogP contribution in [0, 0.1) is 0 Å². The first kappa shape index (κ1) is 16.9. The van der Waals surface area contributed by atoms with Gasteiger partial charge < -0.3 is 10.1 Å². The molecule has 1 N–H and O–H groups in total. The highest BCUT2D eigenvalue weighted by Crippen LogP contribution is 2.14. The molecule has 0 aromatic heterocycles. The van der Waals surface area contributed by atoms with Crippen molar-refractivity contribution in [3.63, 3.8) is 0 Å². The summed E-state index contributed by atoms with van der Waals surface area (Å²) in [6.07, 6.45) is 1.58. The third-order valence-corrected chi connectivity index (χ3v) is 4.02. The van der Waals surface area contributed by atoms with Crippen molar-refractivity contribution in [2.45, 2.75) is 11.8 Å². The van der Waals surface area contributed by atoms with E-state index < -0.39 is 16.8 Å². The molecular formula is C17H17NO4S. The molecule has 0 fully saturated rings. The molecule has 2 aromatic rings. The van der Waals surface area contributed by atoms with Gasteiger partial charge in [-0.05, 0) is 49.4 Å². The van der Waals surface area contributed by atoms with Gasteiger partial charge in [0.2, 0.25) is 0 Å². The van der Waals surface area contributed by atoms with Gasteiger partial charge in [-0.3, -0.25) is 9.00 Å². The number of benzene rings is 2. The lowest BCUT2D eigenvalue weighted by atomic mass is 10.1. The highest BCUT2D eigenvalue weighted by molar-refractivity contribution is 7.84. The van der Waals surface area contributed by atoms with Crippen LogP contribution in [-0.4, -0.2) is 28.9 Å². The first-order valence-electron chi connectivity index (χ1n) is 7.03. The molecule has 1 unspecified atom stereocenters. The number of amides is 1. The minimum atomic E-state index is -1.08. The lowest BCUT2D eigenvalue weighted by molar-refractivity contribution is 0.0526. The van der Waals surface area contributed by atoms with Crippen molar-refractivity contribution in [2.24, 2.45) is 0 Å². The maximum atomic E-state index is 12.2. The average molecular weight is 331 g/mol. The molecule has 0 bridgehead atoms. The van der Waals surface area contributed by atoms with Crippen LogP contribution in [0.1, 0.15) is 27.6 Å². The summed E-state index contributed by atoms with van der Waals surface area (Å²) < 4.78 is 16.3. The maximum absolute atomic E-state index is 12.2. The van der Waals surface area contributed by atoms with E-state index in [-0.39, 0.29) is 5.91 Å². The van der Waals surface area contributed by atoms with Crippen molar-refractivity contribution in [1.82, 2.24) is 0 Å². The summed E-state index contributed by atoms with van der Waals surface area (Å²) in [7, 11) is -1.08. The van der Waals surface area contributed by atoms with Crippen LogP contribution < -0.4 is 5.32 Å². The summed E-state index contributed by atoms with van der Waals surface area (Å²) in [5, 5.41) is 2.72. The number of carbonyl (C=O) groups excluding carboxylic acids is 2. The van der Waals surface area contributed by atoms with Crippen LogP contribution in [0.25, 0.3) is 0 Å². The van der Waals surface area contributed by atoms with Gasteiger partial charge in [0.05, 0.1) is 12.2 Å². The second-order valence-electron chi connectivity index (χ2n) is 4.73. The topological polar surface area (TPSA) is 72.5 Å². The molecule has 0 aliphatic rings. The first-order chi connectivity index (χ1) is 11.0. The van der Waals surface area contributed by atoms with Crippen LogP contribution in [0.2, 0.25) is 0 Å². The normalized spacial score (nSPS) is 11.6. The van der Waals surface area contributed by atoms with E-state index in [9.17, 15) is 13.8 Å².